The third-order valence-corrected chi connectivity index (χ3v) is 2.76. The fraction of sp³-hybridized carbons (Fsp3) is 0.0769. The van der Waals surface area contributed by atoms with Gasteiger partial charge >= 0.3 is 6.18 Å². The van der Waals surface area contributed by atoms with Gasteiger partial charge in [0.1, 0.15) is 17.3 Å². The lowest BCUT2D eigenvalue weighted by atomic mass is 10.2. The van der Waals surface area contributed by atoms with Gasteiger partial charge in [-0.15, -0.1) is 0 Å². The molecule has 2 N–H and O–H groups in total. The summed E-state index contributed by atoms with van der Waals surface area (Å²) in [6, 6.07) is 6.32. The monoisotopic (exact) mass is 305 g/mol. The average Bonchev–Trinajstić information content (AvgIpc) is 2.35. The Bertz CT molecular complexity index is 643. The number of hydrogen-bond acceptors (Lipinski definition) is 2. The normalized spacial score (nSPS) is 11.4. The van der Waals surface area contributed by atoms with Crippen molar-refractivity contribution in [1.82, 2.24) is 0 Å². The van der Waals surface area contributed by atoms with Crippen LogP contribution >= 0.6 is 11.6 Å². The molecule has 0 heterocycles. The number of hydrogen-bond donors (Lipinski definition) is 1. The molecule has 2 rings (SSSR count). The quantitative estimate of drug-likeness (QED) is 0.634. The van der Waals surface area contributed by atoms with Crippen molar-refractivity contribution in [3.8, 4) is 11.5 Å². The summed E-state index contributed by atoms with van der Waals surface area (Å²) in [6.07, 6.45) is -4.49. The second-order valence-corrected chi connectivity index (χ2v) is 4.34. The van der Waals surface area contributed by atoms with E-state index in [1.54, 1.807) is 0 Å². The number of nitrogens with two attached hydrogens (primary N) is 1. The van der Waals surface area contributed by atoms with Crippen molar-refractivity contribution in [2.45, 2.75) is 6.18 Å². The number of alkyl halides is 3. The highest BCUT2D eigenvalue weighted by Crippen LogP contribution is 2.35. The number of anilines is 1. The van der Waals surface area contributed by atoms with E-state index in [-0.39, 0.29) is 22.2 Å². The van der Waals surface area contributed by atoms with E-state index in [0.717, 1.165) is 24.3 Å². The van der Waals surface area contributed by atoms with E-state index >= 15 is 0 Å². The van der Waals surface area contributed by atoms with Crippen molar-refractivity contribution >= 4 is 17.3 Å². The molecule has 0 bridgehead atoms. The van der Waals surface area contributed by atoms with Crippen LogP contribution in [0.2, 0.25) is 5.02 Å². The molecule has 0 fully saturated rings. The summed E-state index contributed by atoms with van der Waals surface area (Å²) < 4.78 is 55.8. The third-order valence-electron chi connectivity index (χ3n) is 2.46. The van der Waals surface area contributed by atoms with Crippen LogP contribution in [0.25, 0.3) is 0 Å². The van der Waals surface area contributed by atoms with E-state index in [0.29, 0.717) is 0 Å². The van der Waals surface area contributed by atoms with Gasteiger partial charge in [-0.2, -0.15) is 13.2 Å². The van der Waals surface area contributed by atoms with Gasteiger partial charge in [0.15, 0.2) is 0 Å². The first-order valence-corrected chi connectivity index (χ1v) is 5.75. The summed E-state index contributed by atoms with van der Waals surface area (Å²) in [4.78, 5) is 0. The largest absolute Gasteiger partial charge is 0.455 e. The van der Waals surface area contributed by atoms with Gasteiger partial charge in [0, 0.05) is 6.07 Å². The summed E-state index contributed by atoms with van der Waals surface area (Å²) in [5.74, 6) is -0.618. The van der Waals surface area contributed by atoms with E-state index in [4.69, 9.17) is 22.1 Å². The van der Waals surface area contributed by atoms with Crippen molar-refractivity contribution in [1.29, 1.82) is 0 Å². The van der Waals surface area contributed by atoms with Gasteiger partial charge in [-0.3, -0.25) is 0 Å². The maximum Gasteiger partial charge on any atom is 0.416 e. The molecule has 20 heavy (non-hydrogen) atoms. The van der Waals surface area contributed by atoms with Crippen LogP contribution in [0.5, 0.6) is 11.5 Å². The number of halogens is 5. The second kappa shape index (κ2) is 5.20. The van der Waals surface area contributed by atoms with Gasteiger partial charge < -0.3 is 10.5 Å². The molecule has 0 unspecified atom stereocenters. The van der Waals surface area contributed by atoms with Gasteiger partial charge in [-0.25, -0.2) is 4.39 Å². The molecule has 2 aromatic carbocycles. The van der Waals surface area contributed by atoms with Crippen LogP contribution in [0.4, 0.5) is 23.2 Å². The van der Waals surface area contributed by atoms with Gasteiger partial charge in [0.05, 0.1) is 16.3 Å². The van der Waals surface area contributed by atoms with Crippen LogP contribution in [0.1, 0.15) is 5.56 Å². The first-order chi connectivity index (χ1) is 9.27. The molecule has 106 valence electrons. The van der Waals surface area contributed by atoms with Crippen molar-refractivity contribution in [3.63, 3.8) is 0 Å². The zero-order valence-electron chi connectivity index (χ0n) is 9.84. The molecule has 2 nitrogen and oxygen atoms in total. The minimum Gasteiger partial charge on any atom is -0.455 e. The smallest absolute Gasteiger partial charge is 0.416 e. The number of ether oxygens (including phenoxy) is 1. The Morgan fingerprint density at radius 1 is 1.05 bits per heavy atom. The molecular weight excluding hydrogens is 298 g/mol. The Balaban J connectivity index is 2.28. The Morgan fingerprint density at radius 3 is 2.30 bits per heavy atom. The fourth-order valence-corrected chi connectivity index (χ4v) is 1.60. The van der Waals surface area contributed by atoms with Crippen LogP contribution < -0.4 is 10.5 Å². The van der Waals surface area contributed by atoms with Crippen molar-refractivity contribution in [2.24, 2.45) is 0 Å². The van der Waals surface area contributed by atoms with Crippen molar-refractivity contribution in [3.05, 3.63) is 52.8 Å². The predicted molar refractivity (Wildman–Crippen MR) is 67.3 cm³/mol. The van der Waals surface area contributed by atoms with Gasteiger partial charge in [-0.1, -0.05) is 11.6 Å². The van der Waals surface area contributed by atoms with Crippen LogP contribution in [0, 0.1) is 5.82 Å². The minimum atomic E-state index is -4.49. The zero-order valence-corrected chi connectivity index (χ0v) is 10.6. The zero-order chi connectivity index (χ0) is 14.9. The summed E-state index contributed by atoms with van der Waals surface area (Å²) >= 11 is 5.51. The molecule has 0 aliphatic rings. The average molecular weight is 306 g/mol. The number of benzene rings is 2. The maximum atomic E-state index is 13.2. The molecule has 0 aliphatic carbocycles. The summed E-state index contributed by atoms with van der Waals surface area (Å²) in [7, 11) is 0. The molecule has 0 aromatic heterocycles. The Kier molecular flexibility index (Phi) is 3.76. The minimum absolute atomic E-state index is 0.000257. The van der Waals surface area contributed by atoms with Crippen LogP contribution in [-0.4, -0.2) is 0 Å². The predicted octanol–water partition coefficient (Wildman–Crippen LogP) is 4.87. The summed E-state index contributed by atoms with van der Waals surface area (Å²) in [5, 5.41) is -0.0854. The third kappa shape index (κ3) is 3.14. The fourth-order valence-electron chi connectivity index (χ4n) is 1.49. The van der Waals surface area contributed by atoms with E-state index in [1.807, 2.05) is 0 Å². The maximum absolute atomic E-state index is 13.2. The van der Waals surface area contributed by atoms with E-state index in [9.17, 15) is 17.6 Å². The lowest BCUT2D eigenvalue weighted by Crippen LogP contribution is -2.06. The molecule has 0 saturated heterocycles. The molecule has 0 aliphatic heterocycles. The molecule has 0 spiro atoms. The Hall–Kier alpha value is -1.95. The standard InChI is InChI=1S/C13H8ClF4NO/c14-9-3-2-8(6-10(9)15)20-12-4-1-7(5-11(12)19)13(16,17)18/h1-6H,19H2. The molecule has 0 amide bonds. The van der Waals surface area contributed by atoms with E-state index < -0.39 is 17.6 Å². The Labute approximate surface area is 116 Å². The highest BCUT2D eigenvalue weighted by atomic mass is 35.5. The highest BCUT2D eigenvalue weighted by molar-refractivity contribution is 6.30. The van der Waals surface area contributed by atoms with Crippen LogP contribution in [-0.2, 0) is 6.18 Å². The highest BCUT2D eigenvalue weighted by Gasteiger charge is 2.31. The molecular formula is C13H8ClF4NO. The summed E-state index contributed by atoms with van der Waals surface area (Å²) in [6.45, 7) is 0. The van der Waals surface area contributed by atoms with Crippen LogP contribution in [0.15, 0.2) is 36.4 Å². The molecule has 0 radical (unpaired) electrons. The first kappa shape index (κ1) is 14.5. The summed E-state index contributed by atoms with van der Waals surface area (Å²) in [5.41, 5.74) is 4.41. The van der Waals surface area contributed by atoms with Gasteiger partial charge in [0.25, 0.3) is 0 Å². The molecule has 7 heteroatoms. The SMILES string of the molecule is Nc1cc(C(F)(F)F)ccc1Oc1ccc(Cl)c(F)c1. The lowest BCUT2D eigenvalue weighted by molar-refractivity contribution is -0.137. The van der Waals surface area contributed by atoms with Gasteiger partial charge in [-0.05, 0) is 30.3 Å². The van der Waals surface area contributed by atoms with Crippen molar-refractivity contribution in [2.75, 3.05) is 5.73 Å². The second-order valence-electron chi connectivity index (χ2n) is 3.93. The van der Waals surface area contributed by atoms with Gasteiger partial charge in [0.2, 0.25) is 0 Å². The Morgan fingerprint density at radius 2 is 1.75 bits per heavy atom. The van der Waals surface area contributed by atoms with E-state index in [2.05, 4.69) is 0 Å². The lowest BCUT2D eigenvalue weighted by Gasteiger charge is -2.12. The molecule has 2 aromatic rings. The first-order valence-electron chi connectivity index (χ1n) is 5.37. The van der Waals surface area contributed by atoms with E-state index in [1.165, 1.54) is 12.1 Å². The van der Waals surface area contributed by atoms with Crippen LogP contribution in [0.3, 0.4) is 0 Å². The van der Waals surface area contributed by atoms with Crippen molar-refractivity contribution < 1.29 is 22.3 Å². The number of nitrogen functional groups attached to an aromatic ring is 1. The molecule has 0 saturated carbocycles. The topological polar surface area (TPSA) is 35.2 Å². The number of rotatable bonds is 2. The molecule has 0 atom stereocenters.